The van der Waals surface area contributed by atoms with Crippen LogP contribution in [0, 0.1) is 0 Å². The second-order valence-electron chi connectivity index (χ2n) is 6.92. The van der Waals surface area contributed by atoms with Gasteiger partial charge in [-0.25, -0.2) is 4.79 Å². The Kier molecular flexibility index (Phi) is 7.24. The zero-order valence-corrected chi connectivity index (χ0v) is 16.5. The number of phenolic OH excluding ortho intramolecular Hbond substituents is 1. The molecule has 7 heteroatoms. The maximum atomic E-state index is 11.8. The van der Waals surface area contributed by atoms with Crippen molar-refractivity contribution in [2.24, 2.45) is 0 Å². The van der Waals surface area contributed by atoms with Gasteiger partial charge in [0.2, 0.25) is 0 Å². The molecule has 3 aromatic rings. The highest BCUT2D eigenvalue weighted by Crippen LogP contribution is 2.29. The molecule has 3 N–H and O–H groups in total. The van der Waals surface area contributed by atoms with Crippen LogP contribution in [0.15, 0.2) is 60.9 Å². The first-order valence-electron chi connectivity index (χ1n) is 9.60. The highest BCUT2D eigenvalue weighted by molar-refractivity contribution is 5.87. The molecule has 2 heterocycles. The molecular weight excluding hydrogens is 368 g/mol. The Labute approximate surface area is 170 Å². The number of rotatable bonds is 4. The maximum Gasteiger partial charge on any atom is 0.412 e. The van der Waals surface area contributed by atoms with Crippen LogP contribution in [0.3, 0.4) is 0 Å². The Morgan fingerprint density at radius 2 is 1.93 bits per heavy atom. The second kappa shape index (κ2) is 10.3. The molecule has 7 nitrogen and oxygen atoms in total. The van der Waals surface area contributed by atoms with Gasteiger partial charge in [-0.3, -0.25) is 10.4 Å². The van der Waals surface area contributed by atoms with Crippen molar-refractivity contribution in [1.82, 2.24) is 15.1 Å². The number of ether oxygens (including phenoxy) is 1. The number of aromatic hydroxyl groups is 1. The number of aromatic nitrogens is 2. The van der Waals surface area contributed by atoms with Gasteiger partial charge in [0.15, 0.2) is 0 Å². The molecule has 1 fully saturated rings. The highest BCUT2D eigenvalue weighted by atomic mass is 16.5. The number of hydrogen-bond donors (Lipinski definition) is 3. The van der Waals surface area contributed by atoms with E-state index in [1.165, 1.54) is 25.9 Å². The molecule has 1 saturated heterocycles. The van der Waals surface area contributed by atoms with Crippen LogP contribution < -0.4 is 5.32 Å². The van der Waals surface area contributed by atoms with Crippen molar-refractivity contribution in [2.75, 3.05) is 25.5 Å². The van der Waals surface area contributed by atoms with Gasteiger partial charge in [-0.15, -0.1) is 0 Å². The lowest BCUT2D eigenvalue weighted by Crippen LogP contribution is -2.13. The van der Waals surface area contributed by atoms with Gasteiger partial charge in [0.05, 0.1) is 11.9 Å². The topological polar surface area (TPSA) is 90.5 Å². The van der Waals surface area contributed by atoms with Crippen molar-refractivity contribution < 1.29 is 14.6 Å². The van der Waals surface area contributed by atoms with Crippen LogP contribution in [0.5, 0.6) is 5.75 Å². The number of amides is 1. The fourth-order valence-corrected chi connectivity index (χ4v) is 2.97. The average molecular weight is 394 g/mol. The zero-order chi connectivity index (χ0) is 20.5. The maximum absolute atomic E-state index is 11.8. The van der Waals surface area contributed by atoms with Crippen molar-refractivity contribution in [3.8, 4) is 16.9 Å². The number of H-pyrrole nitrogens is 1. The minimum Gasteiger partial charge on any atom is -0.506 e. The lowest BCUT2D eigenvalue weighted by atomic mass is 10.1. The van der Waals surface area contributed by atoms with Gasteiger partial charge in [-0.05, 0) is 56.2 Å². The molecule has 1 aliphatic heterocycles. The van der Waals surface area contributed by atoms with E-state index >= 15 is 0 Å². The molecule has 4 rings (SSSR count). The SMILES string of the molecule is CN1CCCC1.O=C(Nc1ccc(-c2cn[nH]c2)cc1O)OCc1ccccc1. The fraction of sp³-hybridized carbons (Fsp3) is 0.273. The molecule has 1 aromatic heterocycles. The largest absolute Gasteiger partial charge is 0.506 e. The Balaban J connectivity index is 0.000000343. The number of phenols is 1. The standard InChI is InChI=1S/C17H15N3O3.C5H11N/c21-16-8-13(14-9-18-19-10-14)6-7-15(16)20-17(22)23-11-12-4-2-1-3-5-12;1-6-4-2-3-5-6/h1-10,21H,11H2,(H,18,19)(H,20,22);2-5H2,1H3. The van der Waals surface area contributed by atoms with Crippen LogP contribution in [0.25, 0.3) is 11.1 Å². The summed E-state index contributed by atoms with van der Waals surface area (Å²) >= 11 is 0. The summed E-state index contributed by atoms with van der Waals surface area (Å²) in [6, 6.07) is 14.3. The number of hydrogen-bond acceptors (Lipinski definition) is 5. The third-order valence-corrected chi connectivity index (χ3v) is 4.61. The van der Waals surface area contributed by atoms with Gasteiger partial charge in [0, 0.05) is 11.8 Å². The monoisotopic (exact) mass is 394 g/mol. The normalized spacial score (nSPS) is 13.4. The van der Waals surface area contributed by atoms with E-state index < -0.39 is 6.09 Å². The van der Waals surface area contributed by atoms with Gasteiger partial charge in [-0.2, -0.15) is 5.10 Å². The summed E-state index contributed by atoms with van der Waals surface area (Å²) in [5.41, 5.74) is 2.82. The van der Waals surface area contributed by atoms with E-state index in [4.69, 9.17) is 4.74 Å². The smallest absolute Gasteiger partial charge is 0.412 e. The molecule has 2 aromatic carbocycles. The van der Waals surface area contributed by atoms with E-state index in [9.17, 15) is 9.90 Å². The molecule has 152 valence electrons. The lowest BCUT2D eigenvalue weighted by molar-refractivity contribution is 0.155. The molecule has 0 radical (unpaired) electrons. The third-order valence-electron chi connectivity index (χ3n) is 4.61. The van der Waals surface area contributed by atoms with Crippen LogP contribution in [0.1, 0.15) is 18.4 Å². The van der Waals surface area contributed by atoms with Crippen LogP contribution in [-0.2, 0) is 11.3 Å². The fourth-order valence-electron chi connectivity index (χ4n) is 2.97. The van der Waals surface area contributed by atoms with Crippen molar-refractivity contribution >= 4 is 11.8 Å². The summed E-state index contributed by atoms with van der Waals surface area (Å²) in [7, 11) is 2.17. The van der Waals surface area contributed by atoms with Gasteiger partial charge >= 0.3 is 6.09 Å². The van der Waals surface area contributed by atoms with Crippen molar-refractivity contribution in [2.45, 2.75) is 19.4 Å². The molecule has 0 atom stereocenters. The molecule has 0 aliphatic carbocycles. The van der Waals surface area contributed by atoms with Gasteiger partial charge < -0.3 is 14.7 Å². The summed E-state index contributed by atoms with van der Waals surface area (Å²) in [5, 5.41) is 19.1. The van der Waals surface area contributed by atoms with E-state index in [0.29, 0.717) is 0 Å². The minimum absolute atomic E-state index is 0.0413. The Morgan fingerprint density at radius 1 is 1.17 bits per heavy atom. The number of anilines is 1. The van der Waals surface area contributed by atoms with Gasteiger partial charge in [0.25, 0.3) is 0 Å². The third kappa shape index (κ3) is 6.36. The number of nitrogens with one attached hydrogen (secondary N) is 2. The first kappa shape index (κ1) is 20.4. The van der Waals surface area contributed by atoms with E-state index in [-0.39, 0.29) is 18.0 Å². The molecular formula is C22H26N4O3. The van der Waals surface area contributed by atoms with Crippen LogP contribution in [0.2, 0.25) is 0 Å². The first-order valence-corrected chi connectivity index (χ1v) is 9.60. The predicted molar refractivity (Wildman–Crippen MR) is 113 cm³/mol. The molecule has 1 aliphatic rings. The number of aromatic amines is 1. The van der Waals surface area contributed by atoms with Crippen molar-refractivity contribution in [1.29, 1.82) is 0 Å². The van der Waals surface area contributed by atoms with E-state index in [0.717, 1.165) is 16.7 Å². The number of nitrogens with zero attached hydrogens (tertiary/aromatic N) is 2. The molecule has 0 bridgehead atoms. The molecule has 0 spiro atoms. The predicted octanol–water partition coefficient (Wildman–Crippen LogP) is 4.24. The number of carbonyl (C=O) groups is 1. The van der Waals surface area contributed by atoms with Crippen molar-refractivity contribution in [3.63, 3.8) is 0 Å². The van der Waals surface area contributed by atoms with Crippen LogP contribution >= 0.6 is 0 Å². The average Bonchev–Trinajstić information content (AvgIpc) is 3.43. The quantitative estimate of drug-likeness (QED) is 0.576. The van der Waals surface area contributed by atoms with E-state index in [1.807, 2.05) is 30.3 Å². The molecule has 0 saturated carbocycles. The van der Waals surface area contributed by atoms with Crippen molar-refractivity contribution in [3.05, 3.63) is 66.5 Å². The molecule has 29 heavy (non-hydrogen) atoms. The van der Waals surface area contributed by atoms with E-state index in [1.54, 1.807) is 30.6 Å². The Bertz CT molecular complexity index is 892. The minimum atomic E-state index is -0.625. The summed E-state index contributed by atoms with van der Waals surface area (Å²) in [4.78, 5) is 14.2. The molecule has 1 amide bonds. The highest BCUT2D eigenvalue weighted by Gasteiger charge is 2.09. The Morgan fingerprint density at radius 3 is 2.52 bits per heavy atom. The summed E-state index contributed by atoms with van der Waals surface area (Å²) in [6.07, 6.45) is 5.57. The second-order valence-corrected chi connectivity index (χ2v) is 6.92. The summed E-state index contributed by atoms with van der Waals surface area (Å²) < 4.78 is 5.11. The summed E-state index contributed by atoms with van der Waals surface area (Å²) in [5.74, 6) is -0.0413. The first-order chi connectivity index (χ1) is 14.1. The van der Waals surface area contributed by atoms with Gasteiger partial charge in [-0.1, -0.05) is 36.4 Å². The van der Waals surface area contributed by atoms with E-state index in [2.05, 4.69) is 27.5 Å². The van der Waals surface area contributed by atoms with Crippen LogP contribution in [0.4, 0.5) is 10.5 Å². The van der Waals surface area contributed by atoms with Crippen LogP contribution in [-0.4, -0.2) is 46.4 Å². The number of carbonyl (C=O) groups excluding carboxylic acids is 1. The van der Waals surface area contributed by atoms with Gasteiger partial charge in [0.1, 0.15) is 12.4 Å². The number of likely N-dealkylation sites (tertiary alicyclic amines) is 1. The zero-order valence-electron chi connectivity index (χ0n) is 16.5. The lowest BCUT2D eigenvalue weighted by Gasteiger charge is -2.09. The molecule has 0 unspecified atom stereocenters. The Hall–Kier alpha value is -3.32. The summed E-state index contributed by atoms with van der Waals surface area (Å²) in [6.45, 7) is 2.81. The number of benzene rings is 2.